The molecule has 0 aliphatic heterocycles. The molecule has 0 heterocycles. The van der Waals surface area contributed by atoms with Crippen molar-refractivity contribution in [2.24, 2.45) is 5.92 Å². The van der Waals surface area contributed by atoms with E-state index >= 15 is 0 Å². The van der Waals surface area contributed by atoms with E-state index in [-0.39, 0.29) is 6.54 Å². The molecular weight excluding hydrogens is 169 g/mol. The van der Waals surface area contributed by atoms with E-state index < -0.39 is 12.1 Å². The van der Waals surface area contributed by atoms with E-state index in [1.54, 1.807) is 14.0 Å². The molecule has 0 aromatic heterocycles. The van der Waals surface area contributed by atoms with Crippen molar-refractivity contribution < 1.29 is 13.2 Å². The minimum absolute atomic E-state index is 0.253. The molecule has 0 radical (unpaired) electrons. The summed E-state index contributed by atoms with van der Waals surface area (Å²) >= 11 is 0. The van der Waals surface area contributed by atoms with Crippen LogP contribution in [0.4, 0.5) is 13.2 Å². The fourth-order valence-corrected chi connectivity index (χ4v) is 0.658. The first-order valence-electron chi connectivity index (χ1n) is 3.56. The quantitative estimate of drug-likeness (QED) is 0.660. The maximum Gasteiger partial charge on any atom is 0.405 e. The van der Waals surface area contributed by atoms with Crippen LogP contribution in [0.1, 0.15) is 6.92 Å². The second-order valence-electron chi connectivity index (χ2n) is 2.58. The number of nitrogens with zero attached hydrogens (tertiary/aromatic N) is 2. The van der Waals surface area contributed by atoms with E-state index in [1.807, 2.05) is 0 Å². The van der Waals surface area contributed by atoms with Crippen molar-refractivity contribution in [1.29, 1.82) is 5.26 Å². The van der Waals surface area contributed by atoms with Gasteiger partial charge in [0, 0.05) is 6.54 Å². The molecule has 0 saturated heterocycles. The first-order valence-corrected chi connectivity index (χ1v) is 3.56. The van der Waals surface area contributed by atoms with Gasteiger partial charge in [-0.1, -0.05) is 6.92 Å². The Balaban J connectivity index is 4.12. The van der Waals surface area contributed by atoms with Gasteiger partial charge in [-0.15, -0.1) is 0 Å². The van der Waals surface area contributed by atoms with E-state index in [0.29, 0.717) is 6.54 Å². The van der Waals surface area contributed by atoms with Crippen molar-refractivity contribution in [3.8, 4) is 6.07 Å². The number of hydrogen-bond donors (Lipinski definition) is 0. The molecule has 0 aromatic rings. The van der Waals surface area contributed by atoms with Gasteiger partial charge in [-0.25, -0.2) is 0 Å². The van der Waals surface area contributed by atoms with Crippen molar-refractivity contribution >= 4 is 0 Å². The molecule has 5 heteroatoms. The number of nitriles is 1. The lowest BCUT2D eigenvalue weighted by Gasteiger charge is -2.19. The fourth-order valence-electron chi connectivity index (χ4n) is 0.658. The van der Waals surface area contributed by atoms with Gasteiger partial charge in [0.15, 0.2) is 5.92 Å². The predicted octanol–water partition coefficient (Wildman–Crippen LogP) is 1.64. The minimum Gasteiger partial charge on any atom is -0.305 e. The fraction of sp³-hybridized carbons (Fsp3) is 0.857. The Morgan fingerprint density at radius 3 is 2.25 bits per heavy atom. The van der Waals surface area contributed by atoms with Gasteiger partial charge >= 0.3 is 6.18 Å². The predicted molar refractivity (Wildman–Crippen MR) is 38.3 cm³/mol. The highest BCUT2D eigenvalue weighted by molar-refractivity contribution is 4.89. The zero-order valence-corrected chi connectivity index (χ0v) is 7.02. The zero-order valence-electron chi connectivity index (χ0n) is 7.02. The van der Waals surface area contributed by atoms with Crippen molar-refractivity contribution in [1.82, 2.24) is 4.90 Å². The third kappa shape index (κ3) is 3.58. The first-order chi connectivity index (χ1) is 5.41. The van der Waals surface area contributed by atoms with Crippen LogP contribution in [0.15, 0.2) is 0 Å². The SMILES string of the molecule is CCN(C)CC(C#N)C(F)(F)F. The summed E-state index contributed by atoms with van der Waals surface area (Å²) in [6.07, 6.45) is -4.40. The highest BCUT2D eigenvalue weighted by Gasteiger charge is 2.40. The van der Waals surface area contributed by atoms with Crippen LogP contribution in [0.2, 0.25) is 0 Å². The van der Waals surface area contributed by atoms with E-state index in [4.69, 9.17) is 5.26 Å². The standard InChI is InChI=1S/C7H11F3N2/c1-3-12(2)5-6(4-11)7(8,9)10/h6H,3,5H2,1-2H3. The summed E-state index contributed by atoms with van der Waals surface area (Å²) in [4.78, 5) is 1.46. The maximum atomic E-state index is 12.0. The summed E-state index contributed by atoms with van der Waals surface area (Å²) in [5, 5.41) is 8.21. The summed E-state index contributed by atoms with van der Waals surface area (Å²) in [6, 6.07) is 1.24. The molecule has 0 fully saturated rings. The lowest BCUT2D eigenvalue weighted by Crippen LogP contribution is -2.33. The van der Waals surface area contributed by atoms with Crippen LogP contribution in [-0.2, 0) is 0 Å². The van der Waals surface area contributed by atoms with Crippen LogP contribution in [0.3, 0.4) is 0 Å². The van der Waals surface area contributed by atoms with Gasteiger partial charge in [0.2, 0.25) is 0 Å². The average Bonchev–Trinajstić information content (AvgIpc) is 1.97. The molecule has 0 aliphatic carbocycles. The molecule has 70 valence electrons. The molecule has 1 atom stereocenters. The Kier molecular flexibility index (Phi) is 4.04. The zero-order chi connectivity index (χ0) is 9.78. The van der Waals surface area contributed by atoms with E-state index in [0.717, 1.165) is 0 Å². The Labute approximate surface area is 69.6 Å². The molecule has 0 rings (SSSR count). The Morgan fingerprint density at radius 1 is 1.50 bits per heavy atom. The van der Waals surface area contributed by atoms with Crippen LogP contribution < -0.4 is 0 Å². The smallest absolute Gasteiger partial charge is 0.305 e. The van der Waals surface area contributed by atoms with Gasteiger partial charge in [-0.3, -0.25) is 0 Å². The summed E-state index contributed by atoms with van der Waals surface area (Å²) in [6.45, 7) is 2.00. The maximum absolute atomic E-state index is 12.0. The summed E-state index contributed by atoms with van der Waals surface area (Å²) in [5.74, 6) is -1.87. The number of hydrogen-bond acceptors (Lipinski definition) is 2. The third-order valence-corrected chi connectivity index (χ3v) is 1.59. The normalized spacial score (nSPS) is 14.4. The van der Waals surface area contributed by atoms with Crippen molar-refractivity contribution in [2.75, 3.05) is 20.1 Å². The molecule has 0 N–H and O–H groups in total. The molecule has 1 unspecified atom stereocenters. The van der Waals surface area contributed by atoms with Crippen LogP contribution in [0.5, 0.6) is 0 Å². The molecular formula is C7H11F3N2. The molecule has 12 heavy (non-hydrogen) atoms. The van der Waals surface area contributed by atoms with Crippen molar-refractivity contribution in [3.05, 3.63) is 0 Å². The average molecular weight is 180 g/mol. The molecule has 0 saturated carbocycles. The van der Waals surface area contributed by atoms with E-state index in [9.17, 15) is 13.2 Å². The van der Waals surface area contributed by atoms with Gasteiger partial charge in [-0.05, 0) is 13.6 Å². The summed E-state index contributed by atoms with van der Waals surface area (Å²) in [5.41, 5.74) is 0. The van der Waals surface area contributed by atoms with Crippen LogP contribution in [0, 0.1) is 17.2 Å². The van der Waals surface area contributed by atoms with Crippen molar-refractivity contribution in [2.45, 2.75) is 13.1 Å². The Bertz CT molecular complexity index is 170. The highest BCUT2D eigenvalue weighted by atomic mass is 19.4. The molecule has 0 aromatic carbocycles. The topological polar surface area (TPSA) is 27.0 Å². The number of halogens is 3. The minimum atomic E-state index is -4.40. The molecule has 0 amide bonds. The number of rotatable bonds is 3. The molecule has 0 spiro atoms. The van der Waals surface area contributed by atoms with Gasteiger partial charge in [0.05, 0.1) is 6.07 Å². The first kappa shape index (κ1) is 11.2. The lowest BCUT2D eigenvalue weighted by molar-refractivity contribution is -0.162. The van der Waals surface area contributed by atoms with Crippen LogP contribution >= 0.6 is 0 Å². The third-order valence-electron chi connectivity index (χ3n) is 1.59. The summed E-state index contributed by atoms with van der Waals surface area (Å²) < 4.78 is 35.9. The number of alkyl halides is 3. The molecule has 0 bridgehead atoms. The Hall–Kier alpha value is -0.760. The Morgan fingerprint density at radius 2 is 2.00 bits per heavy atom. The van der Waals surface area contributed by atoms with Crippen LogP contribution in [0.25, 0.3) is 0 Å². The summed E-state index contributed by atoms with van der Waals surface area (Å²) in [7, 11) is 1.55. The largest absolute Gasteiger partial charge is 0.405 e. The van der Waals surface area contributed by atoms with Gasteiger partial charge in [0.25, 0.3) is 0 Å². The lowest BCUT2D eigenvalue weighted by atomic mass is 10.1. The molecule has 2 nitrogen and oxygen atoms in total. The second kappa shape index (κ2) is 4.31. The van der Waals surface area contributed by atoms with Crippen LogP contribution in [-0.4, -0.2) is 31.2 Å². The van der Waals surface area contributed by atoms with Gasteiger partial charge < -0.3 is 4.90 Å². The van der Waals surface area contributed by atoms with Gasteiger partial charge in [-0.2, -0.15) is 18.4 Å². The second-order valence-corrected chi connectivity index (χ2v) is 2.58. The monoisotopic (exact) mass is 180 g/mol. The molecule has 0 aliphatic rings. The van der Waals surface area contributed by atoms with Crippen molar-refractivity contribution in [3.63, 3.8) is 0 Å². The van der Waals surface area contributed by atoms with E-state index in [2.05, 4.69) is 0 Å². The highest BCUT2D eigenvalue weighted by Crippen LogP contribution is 2.25. The van der Waals surface area contributed by atoms with E-state index in [1.165, 1.54) is 11.0 Å². The van der Waals surface area contributed by atoms with Gasteiger partial charge in [0.1, 0.15) is 0 Å².